The number of amidine groups is 1. The topological polar surface area (TPSA) is 124 Å². The predicted octanol–water partition coefficient (Wildman–Crippen LogP) is 3.21. The van der Waals surface area contributed by atoms with E-state index in [0.29, 0.717) is 53.0 Å². The fraction of sp³-hybridized carbons (Fsp3) is 0.464. The summed E-state index contributed by atoms with van der Waals surface area (Å²) >= 11 is 1.43. The summed E-state index contributed by atoms with van der Waals surface area (Å²) in [6.45, 7) is 6.97. The SMILES string of the molecule is CCOC(=O)C1=C(CN2CCC3(F)C(=O)N(c4ccc(C(C)C)c(C(=O)O)c4)CC3C2)NC(c2nccs2)=NC1. The molecular weight excluding hydrogens is 537 g/mol. The average Bonchev–Trinajstić information content (AvgIpc) is 3.56. The number of ether oxygens (including phenoxy) is 1. The van der Waals surface area contributed by atoms with Gasteiger partial charge in [0.25, 0.3) is 5.91 Å². The molecule has 0 aliphatic carbocycles. The first-order chi connectivity index (χ1) is 19.1. The fourth-order valence-electron chi connectivity index (χ4n) is 5.59. The third-order valence-corrected chi connectivity index (χ3v) is 8.47. The number of nitrogens with zero attached hydrogens (tertiary/aromatic N) is 4. The molecule has 1 aromatic heterocycles. The molecule has 2 N–H and O–H groups in total. The first kappa shape index (κ1) is 27.9. The first-order valence-electron chi connectivity index (χ1n) is 13.3. The van der Waals surface area contributed by atoms with Gasteiger partial charge in [-0.1, -0.05) is 19.9 Å². The highest BCUT2D eigenvalue weighted by Gasteiger charge is 2.57. The van der Waals surface area contributed by atoms with E-state index in [4.69, 9.17) is 4.74 Å². The lowest BCUT2D eigenvalue weighted by Crippen LogP contribution is -2.52. The van der Waals surface area contributed by atoms with E-state index in [1.165, 1.54) is 22.3 Å². The molecule has 2 saturated heterocycles. The van der Waals surface area contributed by atoms with Crippen molar-refractivity contribution in [3.63, 3.8) is 0 Å². The summed E-state index contributed by atoms with van der Waals surface area (Å²) in [6, 6.07) is 4.87. The molecule has 2 fully saturated rings. The van der Waals surface area contributed by atoms with Crippen molar-refractivity contribution in [2.75, 3.05) is 44.2 Å². The molecule has 5 rings (SSSR count). The number of carbonyl (C=O) groups is 3. The van der Waals surface area contributed by atoms with Crippen LogP contribution in [0.25, 0.3) is 0 Å². The van der Waals surface area contributed by atoms with Gasteiger partial charge in [-0.15, -0.1) is 11.3 Å². The molecule has 212 valence electrons. The first-order valence-corrected chi connectivity index (χ1v) is 14.2. The van der Waals surface area contributed by atoms with Crippen LogP contribution >= 0.6 is 11.3 Å². The number of hydrogen-bond donors (Lipinski definition) is 2. The number of likely N-dealkylation sites (tertiary alicyclic amines) is 1. The number of aliphatic imine (C=N–C) groups is 1. The summed E-state index contributed by atoms with van der Waals surface area (Å²) in [5.41, 5.74) is 0.159. The number of thiazole rings is 1. The number of carboxylic acids is 1. The molecule has 4 heterocycles. The molecule has 10 nitrogen and oxygen atoms in total. The van der Waals surface area contributed by atoms with Crippen LogP contribution in [0.15, 0.2) is 46.0 Å². The summed E-state index contributed by atoms with van der Waals surface area (Å²) < 4.78 is 21.4. The van der Waals surface area contributed by atoms with Crippen molar-refractivity contribution in [1.29, 1.82) is 0 Å². The second-order valence-corrected chi connectivity index (χ2v) is 11.4. The normalized spacial score (nSPS) is 23.2. The van der Waals surface area contributed by atoms with Crippen molar-refractivity contribution in [2.24, 2.45) is 10.9 Å². The third kappa shape index (κ3) is 5.13. The lowest BCUT2D eigenvalue weighted by molar-refractivity contribution is -0.138. The Morgan fingerprint density at radius 3 is 2.80 bits per heavy atom. The Hall–Kier alpha value is -3.64. The number of fused-ring (bicyclic) bond motifs is 1. The van der Waals surface area contributed by atoms with Crippen LogP contribution in [-0.4, -0.2) is 83.7 Å². The number of hydrogen-bond acceptors (Lipinski definition) is 9. The van der Waals surface area contributed by atoms with Gasteiger partial charge in [0.05, 0.1) is 24.3 Å². The fourth-order valence-corrected chi connectivity index (χ4v) is 6.19. The van der Waals surface area contributed by atoms with Crippen molar-refractivity contribution in [1.82, 2.24) is 15.2 Å². The Balaban J connectivity index is 1.35. The summed E-state index contributed by atoms with van der Waals surface area (Å²) in [4.78, 5) is 50.1. The molecular formula is C28H32FN5O5S. The lowest BCUT2D eigenvalue weighted by Gasteiger charge is -2.37. The quantitative estimate of drug-likeness (QED) is 0.465. The van der Waals surface area contributed by atoms with Crippen LogP contribution < -0.4 is 10.2 Å². The van der Waals surface area contributed by atoms with Crippen molar-refractivity contribution < 1.29 is 28.6 Å². The number of carboxylic acid groups (broad SMARTS) is 1. The number of alkyl halides is 1. The van der Waals surface area contributed by atoms with E-state index in [0.717, 1.165) is 0 Å². The van der Waals surface area contributed by atoms with Crippen LogP contribution in [0.4, 0.5) is 10.1 Å². The average molecular weight is 570 g/mol. The molecule has 40 heavy (non-hydrogen) atoms. The molecule has 3 aliphatic rings. The third-order valence-electron chi connectivity index (χ3n) is 7.69. The molecule has 1 amide bonds. The van der Waals surface area contributed by atoms with Gasteiger partial charge in [0.2, 0.25) is 0 Å². The van der Waals surface area contributed by atoms with Crippen LogP contribution in [0.2, 0.25) is 0 Å². The molecule has 0 spiro atoms. The van der Waals surface area contributed by atoms with Gasteiger partial charge in [-0.2, -0.15) is 0 Å². The van der Waals surface area contributed by atoms with Gasteiger partial charge in [-0.3, -0.25) is 14.7 Å². The van der Waals surface area contributed by atoms with E-state index in [2.05, 4.69) is 15.3 Å². The van der Waals surface area contributed by atoms with Gasteiger partial charge in [-0.05, 0) is 30.5 Å². The molecule has 0 saturated carbocycles. The number of aromatic carboxylic acids is 1. The molecule has 1 aromatic carbocycles. The molecule has 0 radical (unpaired) electrons. The van der Waals surface area contributed by atoms with Crippen LogP contribution in [0.5, 0.6) is 0 Å². The van der Waals surface area contributed by atoms with Crippen LogP contribution in [0.1, 0.15) is 54.0 Å². The van der Waals surface area contributed by atoms with E-state index in [-0.39, 0.29) is 37.6 Å². The van der Waals surface area contributed by atoms with E-state index in [1.807, 2.05) is 24.1 Å². The van der Waals surface area contributed by atoms with Crippen LogP contribution in [0, 0.1) is 5.92 Å². The summed E-state index contributed by atoms with van der Waals surface area (Å²) in [5, 5.41) is 15.5. The number of esters is 1. The van der Waals surface area contributed by atoms with Gasteiger partial charge >= 0.3 is 11.9 Å². The van der Waals surface area contributed by atoms with Crippen molar-refractivity contribution in [2.45, 2.75) is 38.8 Å². The summed E-state index contributed by atoms with van der Waals surface area (Å²) in [7, 11) is 0. The van der Waals surface area contributed by atoms with Gasteiger partial charge < -0.3 is 20.1 Å². The predicted molar refractivity (Wildman–Crippen MR) is 149 cm³/mol. The lowest BCUT2D eigenvalue weighted by atomic mass is 9.85. The number of rotatable bonds is 8. The Morgan fingerprint density at radius 2 is 2.12 bits per heavy atom. The van der Waals surface area contributed by atoms with Gasteiger partial charge in [-0.25, -0.2) is 19.0 Å². The number of carbonyl (C=O) groups excluding carboxylic acids is 2. The monoisotopic (exact) mass is 569 g/mol. The van der Waals surface area contributed by atoms with Gasteiger partial charge in [0.15, 0.2) is 16.5 Å². The maximum atomic E-state index is 16.2. The number of anilines is 1. The van der Waals surface area contributed by atoms with E-state index in [1.54, 1.807) is 25.3 Å². The smallest absolute Gasteiger partial charge is 0.337 e. The standard InChI is InChI=1S/C28H32FN5O5S/c1-4-39-26(37)21-12-31-23(24-30-8-10-40-24)32-22(21)15-33-9-7-28(29)17(13-33)14-34(27(28)38)18-5-6-19(16(2)3)20(11-18)25(35)36/h5-6,8,10-11,16-17H,4,7,9,12-15H2,1-3H3,(H,31,32)(H,35,36). The van der Waals surface area contributed by atoms with Crippen molar-refractivity contribution in [3.8, 4) is 0 Å². The van der Waals surface area contributed by atoms with Crippen LogP contribution in [0.3, 0.4) is 0 Å². The Bertz CT molecular complexity index is 1390. The Morgan fingerprint density at radius 1 is 1.32 bits per heavy atom. The Kier molecular flexibility index (Phi) is 7.74. The molecule has 2 atom stereocenters. The minimum absolute atomic E-state index is 0.00167. The molecule has 12 heteroatoms. The zero-order chi connectivity index (χ0) is 28.6. The highest BCUT2D eigenvalue weighted by atomic mass is 32.1. The maximum Gasteiger partial charge on any atom is 0.337 e. The highest BCUT2D eigenvalue weighted by molar-refractivity contribution is 7.11. The zero-order valence-corrected chi connectivity index (χ0v) is 23.5. The molecule has 3 aliphatic heterocycles. The van der Waals surface area contributed by atoms with E-state index in [9.17, 15) is 19.5 Å². The molecule has 0 bridgehead atoms. The number of amides is 1. The summed E-state index contributed by atoms with van der Waals surface area (Å²) in [6.07, 6.45) is 1.68. The molecule has 2 unspecified atom stereocenters. The minimum Gasteiger partial charge on any atom is -0.478 e. The number of aromatic nitrogens is 1. The highest BCUT2D eigenvalue weighted by Crippen LogP contribution is 2.42. The van der Waals surface area contributed by atoms with Crippen molar-refractivity contribution >= 4 is 40.7 Å². The Labute approximate surface area is 235 Å². The number of halogens is 1. The van der Waals surface area contributed by atoms with E-state index < -0.39 is 29.4 Å². The second kappa shape index (κ2) is 11.1. The summed E-state index contributed by atoms with van der Waals surface area (Å²) in [5.74, 6) is -2.23. The number of nitrogens with one attached hydrogen (secondary N) is 1. The minimum atomic E-state index is -2.04. The number of piperidine rings is 1. The second-order valence-electron chi connectivity index (χ2n) is 10.5. The maximum absolute atomic E-state index is 16.2. The largest absolute Gasteiger partial charge is 0.478 e. The van der Waals surface area contributed by atoms with E-state index >= 15 is 4.39 Å². The number of benzene rings is 1. The zero-order valence-electron chi connectivity index (χ0n) is 22.6. The van der Waals surface area contributed by atoms with Crippen molar-refractivity contribution in [3.05, 3.63) is 57.2 Å². The van der Waals surface area contributed by atoms with Gasteiger partial charge in [0, 0.05) is 61.5 Å². The van der Waals surface area contributed by atoms with Gasteiger partial charge in [0.1, 0.15) is 0 Å². The van der Waals surface area contributed by atoms with Crippen LogP contribution in [-0.2, 0) is 14.3 Å². The molecule has 2 aromatic rings.